The minimum atomic E-state index is -0.427. The van der Waals surface area contributed by atoms with Crippen LogP contribution in [0.1, 0.15) is 57.6 Å². The zero-order valence-electron chi connectivity index (χ0n) is 22.7. The van der Waals surface area contributed by atoms with Crippen LogP contribution in [0.2, 0.25) is 5.02 Å². The molecule has 1 saturated heterocycles. The predicted octanol–water partition coefficient (Wildman–Crippen LogP) is 5.55. The number of anilines is 1. The zero-order chi connectivity index (χ0) is 27.7. The van der Waals surface area contributed by atoms with E-state index in [0.29, 0.717) is 66.6 Å². The van der Waals surface area contributed by atoms with Crippen molar-refractivity contribution < 1.29 is 18.7 Å². The third-order valence-corrected chi connectivity index (χ3v) is 8.18. The number of benzene rings is 1. The van der Waals surface area contributed by atoms with Crippen molar-refractivity contribution in [1.82, 2.24) is 19.7 Å². The Labute approximate surface area is 232 Å². The standard InChI is InChI=1S/C29H35ClFN5O3/c1-17(2)28-22-13-20(14-24(31)27(22)34-35(28)3)21-15-25(32-16-23(21)30)33-29(38)19-6-4-5-18(11-19)12-26(37)36-7-9-39-10-8-36/h13-19H,4-12H2,1-3H3,(H,32,33,38)/t18-,19+/m1/s1. The van der Waals surface area contributed by atoms with Crippen LogP contribution in [0.25, 0.3) is 22.0 Å². The normalized spacial score (nSPS) is 20.0. The molecule has 208 valence electrons. The summed E-state index contributed by atoms with van der Waals surface area (Å²) in [6, 6.07) is 5.00. The van der Waals surface area contributed by atoms with Gasteiger partial charge in [-0.1, -0.05) is 31.9 Å². The first-order valence-corrected chi connectivity index (χ1v) is 14.1. The number of nitrogens with one attached hydrogen (secondary N) is 1. The number of carbonyl (C=O) groups excluding carboxylic acids is 2. The third kappa shape index (κ3) is 5.94. The zero-order valence-corrected chi connectivity index (χ0v) is 23.4. The number of hydrogen-bond donors (Lipinski definition) is 1. The fraction of sp³-hybridized carbons (Fsp3) is 0.517. The van der Waals surface area contributed by atoms with Crippen molar-refractivity contribution in [3.8, 4) is 11.1 Å². The van der Waals surface area contributed by atoms with Crippen molar-refractivity contribution in [2.75, 3.05) is 31.6 Å². The van der Waals surface area contributed by atoms with Crippen molar-refractivity contribution in [1.29, 1.82) is 0 Å². The van der Waals surface area contributed by atoms with E-state index < -0.39 is 5.82 Å². The van der Waals surface area contributed by atoms with E-state index in [4.69, 9.17) is 16.3 Å². The number of amides is 2. The van der Waals surface area contributed by atoms with Crippen LogP contribution in [0.4, 0.5) is 10.2 Å². The fourth-order valence-electron chi connectivity index (χ4n) is 5.97. The minimum Gasteiger partial charge on any atom is -0.378 e. The van der Waals surface area contributed by atoms with Crippen molar-refractivity contribution in [3.05, 3.63) is 40.9 Å². The molecule has 2 atom stereocenters. The number of rotatable bonds is 6. The van der Waals surface area contributed by atoms with E-state index >= 15 is 4.39 Å². The quantitative estimate of drug-likeness (QED) is 0.431. The Morgan fingerprint density at radius 1 is 1.21 bits per heavy atom. The molecule has 1 aliphatic carbocycles. The van der Waals surface area contributed by atoms with Gasteiger partial charge in [0.2, 0.25) is 11.8 Å². The summed E-state index contributed by atoms with van der Waals surface area (Å²) < 4.78 is 22.1. The number of ether oxygens (including phenoxy) is 1. The Morgan fingerprint density at radius 2 is 1.97 bits per heavy atom. The maximum absolute atomic E-state index is 15.1. The molecule has 3 aromatic rings. The molecule has 0 spiro atoms. The molecule has 2 aliphatic rings. The van der Waals surface area contributed by atoms with E-state index in [9.17, 15) is 9.59 Å². The van der Waals surface area contributed by atoms with Crippen molar-refractivity contribution in [3.63, 3.8) is 0 Å². The lowest BCUT2D eigenvalue weighted by Crippen LogP contribution is -2.41. The topological polar surface area (TPSA) is 89.3 Å². The molecule has 0 bridgehead atoms. The number of pyridine rings is 1. The molecule has 2 amide bonds. The fourth-order valence-corrected chi connectivity index (χ4v) is 6.19. The van der Waals surface area contributed by atoms with Gasteiger partial charge in [-0.2, -0.15) is 5.10 Å². The van der Waals surface area contributed by atoms with Crippen LogP contribution < -0.4 is 5.32 Å². The Morgan fingerprint density at radius 3 is 2.72 bits per heavy atom. The number of morpholine rings is 1. The van der Waals surface area contributed by atoms with Crippen LogP contribution in [0.5, 0.6) is 0 Å². The number of carbonyl (C=O) groups is 2. The number of fused-ring (bicyclic) bond motifs is 1. The molecule has 5 rings (SSSR count). The van der Waals surface area contributed by atoms with Gasteiger partial charge in [0.25, 0.3) is 0 Å². The van der Waals surface area contributed by atoms with Gasteiger partial charge in [-0.25, -0.2) is 9.37 Å². The van der Waals surface area contributed by atoms with Crippen LogP contribution in [-0.2, 0) is 21.4 Å². The van der Waals surface area contributed by atoms with Gasteiger partial charge in [0, 0.05) is 55.3 Å². The lowest BCUT2D eigenvalue weighted by Gasteiger charge is -2.31. The van der Waals surface area contributed by atoms with Gasteiger partial charge in [0.1, 0.15) is 11.3 Å². The summed E-state index contributed by atoms with van der Waals surface area (Å²) in [5.41, 5.74) is 2.43. The average Bonchev–Trinajstić information content (AvgIpc) is 3.27. The number of nitrogens with zero attached hydrogens (tertiary/aromatic N) is 4. The lowest BCUT2D eigenvalue weighted by atomic mass is 9.79. The van der Waals surface area contributed by atoms with Crippen LogP contribution in [0, 0.1) is 17.7 Å². The van der Waals surface area contributed by atoms with Crippen LogP contribution in [-0.4, -0.2) is 57.8 Å². The smallest absolute Gasteiger partial charge is 0.228 e. The Bertz CT molecular complexity index is 1380. The first-order valence-electron chi connectivity index (χ1n) is 13.7. The van der Waals surface area contributed by atoms with Crippen LogP contribution in [0.15, 0.2) is 24.4 Å². The SMILES string of the molecule is CC(C)c1c2cc(-c3cc(NC(=O)[C@H]4CCC[C@@H](CC(=O)N5CCOCC5)C4)ncc3Cl)cc(F)c2nn1C. The first-order chi connectivity index (χ1) is 18.7. The summed E-state index contributed by atoms with van der Waals surface area (Å²) in [5.74, 6) is 0.107. The monoisotopic (exact) mass is 555 g/mol. The molecule has 2 fully saturated rings. The van der Waals surface area contributed by atoms with Gasteiger partial charge in [-0.3, -0.25) is 14.3 Å². The molecule has 10 heteroatoms. The molecule has 1 aromatic carbocycles. The molecule has 1 N–H and O–H groups in total. The van der Waals surface area contributed by atoms with E-state index in [2.05, 4.69) is 15.4 Å². The summed E-state index contributed by atoms with van der Waals surface area (Å²) in [6.45, 7) is 6.52. The summed E-state index contributed by atoms with van der Waals surface area (Å²) >= 11 is 6.50. The Kier molecular flexibility index (Phi) is 8.19. The molecule has 39 heavy (non-hydrogen) atoms. The molecule has 1 aliphatic heterocycles. The molecule has 0 unspecified atom stereocenters. The summed E-state index contributed by atoms with van der Waals surface area (Å²) in [7, 11) is 1.82. The van der Waals surface area contributed by atoms with Crippen molar-refractivity contribution in [2.45, 2.75) is 51.9 Å². The van der Waals surface area contributed by atoms with Gasteiger partial charge in [-0.05, 0) is 54.9 Å². The molecular weight excluding hydrogens is 521 g/mol. The van der Waals surface area contributed by atoms with E-state index in [1.807, 2.05) is 31.9 Å². The largest absolute Gasteiger partial charge is 0.378 e. The second-order valence-corrected chi connectivity index (χ2v) is 11.4. The van der Waals surface area contributed by atoms with Gasteiger partial charge < -0.3 is 15.0 Å². The lowest BCUT2D eigenvalue weighted by molar-refractivity contribution is -0.137. The second-order valence-electron chi connectivity index (χ2n) is 11.0. The molecule has 1 saturated carbocycles. The number of aryl methyl sites for hydroxylation is 1. The van der Waals surface area contributed by atoms with Gasteiger partial charge >= 0.3 is 0 Å². The van der Waals surface area contributed by atoms with Crippen LogP contribution >= 0.6 is 11.6 Å². The molecule has 8 nitrogen and oxygen atoms in total. The van der Waals surface area contributed by atoms with Gasteiger partial charge in [0.15, 0.2) is 5.82 Å². The molecule has 3 heterocycles. The van der Waals surface area contributed by atoms with E-state index in [1.165, 1.54) is 12.3 Å². The highest BCUT2D eigenvalue weighted by atomic mass is 35.5. The summed E-state index contributed by atoms with van der Waals surface area (Å²) in [5, 5.41) is 8.40. The molecule has 2 aromatic heterocycles. The number of halogens is 2. The van der Waals surface area contributed by atoms with Crippen molar-refractivity contribution in [2.24, 2.45) is 18.9 Å². The second kappa shape index (κ2) is 11.6. The van der Waals surface area contributed by atoms with E-state index in [1.54, 1.807) is 10.7 Å². The molecular formula is C29H35ClFN5O3. The maximum atomic E-state index is 15.1. The highest BCUT2D eigenvalue weighted by Crippen LogP contribution is 2.36. The predicted molar refractivity (Wildman–Crippen MR) is 149 cm³/mol. The van der Waals surface area contributed by atoms with E-state index in [-0.39, 0.29) is 29.6 Å². The number of aromatic nitrogens is 3. The first kappa shape index (κ1) is 27.5. The number of hydrogen-bond acceptors (Lipinski definition) is 5. The Hall–Kier alpha value is -3.04. The summed E-state index contributed by atoms with van der Waals surface area (Å²) in [6.07, 6.45) is 5.24. The van der Waals surface area contributed by atoms with Crippen LogP contribution in [0.3, 0.4) is 0 Å². The maximum Gasteiger partial charge on any atom is 0.228 e. The Balaban J connectivity index is 1.31. The average molecular weight is 556 g/mol. The van der Waals surface area contributed by atoms with E-state index in [0.717, 1.165) is 30.3 Å². The van der Waals surface area contributed by atoms with Gasteiger partial charge in [-0.15, -0.1) is 0 Å². The van der Waals surface area contributed by atoms with Crippen molar-refractivity contribution >= 4 is 40.1 Å². The highest BCUT2D eigenvalue weighted by molar-refractivity contribution is 6.33. The summed E-state index contributed by atoms with van der Waals surface area (Å²) in [4.78, 5) is 32.1. The third-order valence-electron chi connectivity index (χ3n) is 7.88. The highest BCUT2D eigenvalue weighted by Gasteiger charge is 2.30. The molecule has 0 radical (unpaired) electrons. The minimum absolute atomic E-state index is 0.115. The van der Waals surface area contributed by atoms with Gasteiger partial charge in [0.05, 0.1) is 18.2 Å².